The summed E-state index contributed by atoms with van der Waals surface area (Å²) in [6, 6.07) is 6.96. The van der Waals surface area contributed by atoms with Gasteiger partial charge in [-0.1, -0.05) is 35.1 Å². The van der Waals surface area contributed by atoms with Gasteiger partial charge in [-0.05, 0) is 36.1 Å². The van der Waals surface area contributed by atoms with Gasteiger partial charge in [0.25, 0.3) is 5.95 Å². The van der Waals surface area contributed by atoms with Gasteiger partial charge in [0, 0.05) is 92.1 Å². The molecule has 9 N–H and O–H groups in total. The summed E-state index contributed by atoms with van der Waals surface area (Å²) in [5.74, 6) is 3.07. The maximum atomic E-state index is 12.9. The zero-order chi connectivity index (χ0) is 46.3. The Kier molecular flexibility index (Phi) is 24.0. The predicted molar refractivity (Wildman–Crippen MR) is 261 cm³/mol. The van der Waals surface area contributed by atoms with Crippen molar-refractivity contribution < 1.29 is 34.0 Å². The Balaban J connectivity index is 0.00000124. The van der Waals surface area contributed by atoms with Gasteiger partial charge in [0.2, 0.25) is 11.8 Å². The lowest BCUT2D eigenvalue weighted by Gasteiger charge is -2.18. The summed E-state index contributed by atoms with van der Waals surface area (Å²) in [6.07, 6.45) is 12.5. The number of aliphatic imine (C=N–C) groups is 2. The Morgan fingerprint density at radius 1 is 0.615 bits per heavy atom. The first kappa shape index (κ1) is 57.7. The lowest BCUT2D eigenvalue weighted by atomic mass is 9.97. The first-order chi connectivity index (χ1) is 29.2. The van der Waals surface area contributed by atoms with Gasteiger partial charge in [0.1, 0.15) is 23.0 Å². The Labute approximate surface area is 383 Å². The summed E-state index contributed by atoms with van der Waals surface area (Å²) in [6.45, 7) is 8.10. The maximum Gasteiger partial charge on any atom is 0.253 e. The van der Waals surface area contributed by atoms with Crippen molar-refractivity contribution in [3.8, 4) is 34.5 Å². The number of hydrogen-bond acceptors (Lipinski definition) is 17. The lowest BCUT2D eigenvalue weighted by molar-refractivity contribution is 0.103. The zero-order valence-corrected chi connectivity index (χ0v) is 39.4. The van der Waals surface area contributed by atoms with Crippen LogP contribution in [0.1, 0.15) is 78.8 Å². The third kappa shape index (κ3) is 17.4. The van der Waals surface area contributed by atoms with Crippen molar-refractivity contribution in [3.63, 3.8) is 0 Å². The normalized spacial score (nSPS) is 10.8. The average Bonchev–Trinajstić information content (AvgIpc) is 3.21. The second-order valence-corrected chi connectivity index (χ2v) is 15.2. The molecule has 4 rings (SSSR count). The van der Waals surface area contributed by atoms with Crippen molar-refractivity contribution in [1.29, 1.82) is 0 Å². The number of nitrogen functional groups attached to an aromatic ring is 2. The van der Waals surface area contributed by atoms with E-state index >= 15 is 0 Å². The summed E-state index contributed by atoms with van der Waals surface area (Å²) in [5, 5.41) is 0. The topological polar surface area (TPSA) is 279 Å². The Morgan fingerprint density at radius 2 is 1.05 bits per heavy atom. The van der Waals surface area contributed by atoms with Gasteiger partial charge < -0.3 is 61.6 Å². The number of aromatic nitrogens is 4. The molecule has 0 spiro atoms. The second-order valence-electron chi connectivity index (χ2n) is 15.2. The number of benzene rings is 2. The largest absolute Gasteiger partial charge is 0.496 e. The number of ether oxygens (including phenoxy) is 4. The Bertz CT molecular complexity index is 2290. The molecular weight excluding hydrogens is 835 g/mol. The van der Waals surface area contributed by atoms with Gasteiger partial charge in [-0.2, -0.15) is 9.97 Å². The third-order valence-corrected chi connectivity index (χ3v) is 8.27. The van der Waals surface area contributed by atoms with Crippen molar-refractivity contribution in [2.45, 2.75) is 47.0 Å². The fourth-order valence-electron chi connectivity index (χ4n) is 5.20. The number of ketones is 2. The molecule has 2 aromatic heterocycles. The number of anilines is 2. The van der Waals surface area contributed by atoms with E-state index in [1.54, 1.807) is 70.0 Å². The molecule has 4 aromatic rings. The average molecular weight is 904 g/mol. The smallest absolute Gasteiger partial charge is 0.253 e. The van der Waals surface area contributed by atoms with Gasteiger partial charge in [-0.3, -0.25) is 9.59 Å². The SMILES string of the molecule is C.COc1cc(C(C)C)c(Oc2cnc(N)nc2N)cc1C(=O)/C=C/N(C)C.COc1cc(C(C)C)c(Oc2cnc(N=CN(C)C)nc2N=CN(C)C)cc1C(=O)/C=C/N(C)C.N.O. The number of nitrogens with two attached hydrogens (primary N) is 2. The summed E-state index contributed by atoms with van der Waals surface area (Å²) >= 11 is 0. The van der Waals surface area contributed by atoms with Crippen LogP contribution >= 0.6 is 0 Å². The minimum absolute atomic E-state index is 0. The van der Waals surface area contributed by atoms with E-state index in [-0.39, 0.29) is 65.9 Å². The number of hydrogen-bond donors (Lipinski definition) is 3. The second kappa shape index (κ2) is 27.0. The van der Waals surface area contributed by atoms with Crippen LogP contribution in [0.15, 0.2) is 71.2 Å². The molecule has 0 fully saturated rings. The molecule has 20 nitrogen and oxygen atoms in total. The van der Waals surface area contributed by atoms with Gasteiger partial charge in [0.05, 0.1) is 50.4 Å². The van der Waals surface area contributed by atoms with Crippen LogP contribution in [0.2, 0.25) is 0 Å². The Morgan fingerprint density at radius 3 is 1.45 bits per heavy atom. The molecule has 2 aromatic carbocycles. The molecule has 0 atom stereocenters. The number of allylic oxidation sites excluding steroid dienone is 2. The summed E-state index contributed by atoms with van der Waals surface area (Å²) in [5.41, 5.74) is 13.9. The first-order valence-corrected chi connectivity index (χ1v) is 19.5. The first-order valence-electron chi connectivity index (χ1n) is 19.5. The van der Waals surface area contributed by atoms with Crippen molar-refractivity contribution in [3.05, 3.63) is 83.5 Å². The van der Waals surface area contributed by atoms with Crippen LogP contribution in [0.5, 0.6) is 34.5 Å². The van der Waals surface area contributed by atoms with Crippen LogP contribution in [0.4, 0.5) is 23.5 Å². The highest BCUT2D eigenvalue weighted by Crippen LogP contribution is 2.40. The molecule has 0 saturated carbocycles. The monoisotopic (exact) mass is 904 g/mol. The fourth-order valence-corrected chi connectivity index (χ4v) is 5.20. The van der Waals surface area contributed by atoms with E-state index < -0.39 is 0 Å². The van der Waals surface area contributed by atoms with E-state index in [4.69, 9.17) is 30.4 Å². The molecule has 2 heterocycles. The summed E-state index contributed by atoms with van der Waals surface area (Å²) < 4.78 is 23.1. The van der Waals surface area contributed by atoms with Crippen molar-refractivity contribution >= 4 is 47.8 Å². The van der Waals surface area contributed by atoms with Crippen molar-refractivity contribution in [2.75, 3.05) is 82.1 Å². The van der Waals surface area contributed by atoms with Crippen LogP contribution in [-0.2, 0) is 0 Å². The minimum Gasteiger partial charge on any atom is -0.496 e. The highest BCUT2D eigenvalue weighted by atomic mass is 16.5. The molecule has 0 aliphatic rings. The Hall–Kier alpha value is -7.32. The molecule has 0 unspecified atom stereocenters. The highest BCUT2D eigenvalue weighted by Gasteiger charge is 2.21. The summed E-state index contributed by atoms with van der Waals surface area (Å²) in [7, 11) is 17.9. The van der Waals surface area contributed by atoms with E-state index in [1.165, 1.54) is 31.7 Å². The maximum absolute atomic E-state index is 12.9. The van der Waals surface area contributed by atoms with E-state index in [0.29, 0.717) is 45.7 Å². The third-order valence-electron chi connectivity index (χ3n) is 8.27. The highest BCUT2D eigenvalue weighted by molar-refractivity contribution is 6.07. The van der Waals surface area contributed by atoms with E-state index in [9.17, 15) is 9.59 Å². The number of rotatable bonds is 18. The van der Waals surface area contributed by atoms with Crippen LogP contribution in [0.25, 0.3) is 0 Å². The zero-order valence-electron chi connectivity index (χ0n) is 39.4. The molecule has 0 bridgehead atoms. The molecule has 0 radical (unpaired) electrons. The fraction of sp³-hybridized carbons (Fsp3) is 0.378. The van der Waals surface area contributed by atoms with Gasteiger partial charge in [-0.15, -0.1) is 0 Å². The molecule has 65 heavy (non-hydrogen) atoms. The van der Waals surface area contributed by atoms with Crippen LogP contribution in [0, 0.1) is 0 Å². The van der Waals surface area contributed by atoms with Crippen molar-refractivity contribution in [2.24, 2.45) is 9.98 Å². The van der Waals surface area contributed by atoms with E-state index in [0.717, 1.165) is 11.1 Å². The molecule has 0 amide bonds. The molecule has 356 valence electrons. The molecule has 20 heteroatoms. The molecular formula is C45H69N13O7. The van der Waals surface area contributed by atoms with Crippen molar-refractivity contribution in [1.82, 2.24) is 45.7 Å². The molecule has 0 aliphatic carbocycles. The number of methoxy groups -OCH3 is 2. The van der Waals surface area contributed by atoms with E-state index in [1.807, 2.05) is 90.1 Å². The van der Waals surface area contributed by atoms with Crippen LogP contribution in [0.3, 0.4) is 0 Å². The predicted octanol–water partition coefficient (Wildman–Crippen LogP) is 6.90. The van der Waals surface area contributed by atoms with Gasteiger partial charge in [-0.25, -0.2) is 20.0 Å². The van der Waals surface area contributed by atoms with Gasteiger partial charge >= 0.3 is 0 Å². The number of carbonyl (C=O) groups excluding carboxylic acids is 2. The lowest BCUT2D eigenvalue weighted by Crippen LogP contribution is -2.08. The van der Waals surface area contributed by atoms with E-state index in [2.05, 4.69) is 29.9 Å². The molecule has 0 saturated heterocycles. The quantitative estimate of drug-likeness (QED) is 0.0396. The number of nitrogens with zero attached hydrogens (tertiary/aromatic N) is 10. The minimum atomic E-state index is -0.206. The van der Waals surface area contributed by atoms with Crippen LogP contribution < -0.4 is 36.6 Å². The summed E-state index contributed by atoms with van der Waals surface area (Å²) in [4.78, 5) is 57.9. The van der Waals surface area contributed by atoms with Gasteiger partial charge in [0.15, 0.2) is 28.9 Å². The van der Waals surface area contributed by atoms with Crippen LogP contribution in [-0.4, -0.2) is 140 Å². The standard InChI is InChI=1S/C25H35N7O3.C19H25N5O3.CH4.H3N.H2O/c1-17(2)18-12-21(34-9)19(20(33)10-11-30(3)4)13-22(18)35-23-14-26-25(28-16-32(7)8)29-24(23)27-15-31(5)6;1-11(2)12-8-15(26-5)13(14(25)6-7-24(3)4)9-16(12)27-17-10-22-19(21)23-18(17)20;;;/h10-17H,1-9H3;6-11H,1-5H3,(H4,20,21,22,23);1H4;1H3;1H2/b11-10+,27-15?,28-16?;7-6+;;;. The number of carbonyl (C=O) groups is 2. The molecule has 0 aliphatic heterocycles.